The van der Waals surface area contributed by atoms with Crippen LogP contribution in [0.15, 0.2) is 0 Å². The molecule has 0 aliphatic heterocycles. The normalized spacial score (nSPS) is 10.3. The minimum Gasteiger partial charge on any atom is -0.610 e. The van der Waals surface area contributed by atoms with Crippen LogP contribution in [0.1, 0.15) is 19.8 Å². The molecular weight excluding hydrogens is 88.1 g/mol. The number of hydrogen-bond acceptors (Lipinski definition) is 1. The van der Waals surface area contributed by atoms with Crippen molar-refractivity contribution in [1.29, 1.82) is 0 Å². The van der Waals surface area contributed by atoms with E-state index in [0.29, 0.717) is 0 Å². The van der Waals surface area contributed by atoms with Gasteiger partial charge >= 0.3 is 0 Å². The average molecular weight is 101 g/mol. The third-order valence-corrected chi connectivity index (χ3v) is 0.847. The SMILES string of the molecule is CCCCN(C)[NH-]. The Morgan fingerprint density at radius 2 is 2.14 bits per heavy atom. The zero-order chi connectivity index (χ0) is 5.70. The molecule has 7 heavy (non-hydrogen) atoms. The lowest BCUT2D eigenvalue weighted by Gasteiger charge is -2.18. The fraction of sp³-hybridized carbons (Fsp3) is 1.00. The number of nitrogens with zero attached hydrogens (tertiary/aromatic N) is 1. The van der Waals surface area contributed by atoms with Gasteiger partial charge in [-0.15, -0.1) is 0 Å². The summed E-state index contributed by atoms with van der Waals surface area (Å²) in [5.74, 6) is 6.91. The van der Waals surface area contributed by atoms with Crippen LogP contribution in [0, 0.1) is 0 Å². The highest BCUT2D eigenvalue weighted by Gasteiger charge is 1.78. The summed E-state index contributed by atoms with van der Waals surface area (Å²) in [5.41, 5.74) is 0. The predicted octanol–water partition coefficient (Wildman–Crippen LogP) is 1.69. The van der Waals surface area contributed by atoms with Crippen LogP contribution in [0.25, 0.3) is 5.84 Å². The molecule has 0 radical (unpaired) electrons. The molecule has 0 aromatic carbocycles. The molecule has 0 saturated heterocycles. The number of unbranched alkanes of at least 4 members (excludes halogenated alkanes) is 1. The van der Waals surface area contributed by atoms with Crippen molar-refractivity contribution in [3.05, 3.63) is 5.84 Å². The first-order valence-corrected chi connectivity index (χ1v) is 2.69. The third kappa shape index (κ3) is 5.92. The second-order valence-corrected chi connectivity index (χ2v) is 1.78. The summed E-state index contributed by atoms with van der Waals surface area (Å²) >= 11 is 0. The van der Waals surface area contributed by atoms with Crippen molar-refractivity contribution in [3.8, 4) is 0 Å². The third-order valence-electron chi connectivity index (χ3n) is 0.847. The predicted molar refractivity (Wildman–Crippen MR) is 31.9 cm³/mol. The highest BCUT2D eigenvalue weighted by atomic mass is 15.4. The molecule has 0 rings (SSSR count). The molecule has 0 amide bonds. The summed E-state index contributed by atoms with van der Waals surface area (Å²) in [5, 5.41) is 1.46. The second kappa shape index (κ2) is 4.09. The van der Waals surface area contributed by atoms with Gasteiger partial charge in [0.1, 0.15) is 0 Å². The van der Waals surface area contributed by atoms with Crippen LogP contribution in [-0.4, -0.2) is 18.6 Å². The molecular formula is C5H13N2-. The van der Waals surface area contributed by atoms with Gasteiger partial charge in [0, 0.05) is 0 Å². The van der Waals surface area contributed by atoms with Crippen LogP contribution < -0.4 is 0 Å². The van der Waals surface area contributed by atoms with Crippen LogP contribution in [0.5, 0.6) is 0 Å². The minimum atomic E-state index is 0.899. The summed E-state index contributed by atoms with van der Waals surface area (Å²) in [6, 6.07) is 0. The molecule has 0 aliphatic carbocycles. The summed E-state index contributed by atoms with van der Waals surface area (Å²) in [4.78, 5) is 0. The number of nitrogens with one attached hydrogen (secondary N) is 1. The number of hydrogen-bond donors (Lipinski definition) is 0. The Morgan fingerprint density at radius 3 is 2.29 bits per heavy atom. The lowest BCUT2D eigenvalue weighted by molar-refractivity contribution is 0.443. The van der Waals surface area contributed by atoms with E-state index >= 15 is 0 Å². The standard InChI is InChI=1S/C5H13N2/c1-3-4-5-7(2)6/h6H,3-5H2,1-2H3/q-1. The Balaban J connectivity index is 2.68. The van der Waals surface area contributed by atoms with Crippen LogP contribution in [0.4, 0.5) is 0 Å². The van der Waals surface area contributed by atoms with Gasteiger partial charge < -0.3 is 10.9 Å². The second-order valence-electron chi connectivity index (χ2n) is 1.78. The maximum absolute atomic E-state index is 6.91. The van der Waals surface area contributed by atoms with E-state index in [0.717, 1.165) is 13.0 Å². The molecule has 0 atom stereocenters. The lowest BCUT2D eigenvalue weighted by Crippen LogP contribution is -2.07. The average Bonchev–Trinajstić information content (AvgIpc) is 1.61. The van der Waals surface area contributed by atoms with Crippen molar-refractivity contribution in [3.63, 3.8) is 0 Å². The van der Waals surface area contributed by atoms with Gasteiger partial charge in [-0.3, -0.25) is 0 Å². The first-order valence-electron chi connectivity index (χ1n) is 2.69. The van der Waals surface area contributed by atoms with E-state index in [2.05, 4.69) is 6.92 Å². The van der Waals surface area contributed by atoms with Crippen molar-refractivity contribution in [2.24, 2.45) is 0 Å². The van der Waals surface area contributed by atoms with E-state index in [4.69, 9.17) is 5.84 Å². The molecule has 0 unspecified atom stereocenters. The molecule has 44 valence electrons. The van der Waals surface area contributed by atoms with Gasteiger partial charge in [0.15, 0.2) is 0 Å². The maximum Gasteiger partial charge on any atom is -0.0200 e. The molecule has 0 spiro atoms. The van der Waals surface area contributed by atoms with Crippen LogP contribution in [-0.2, 0) is 0 Å². The Labute approximate surface area is 45.3 Å². The van der Waals surface area contributed by atoms with E-state index < -0.39 is 0 Å². The van der Waals surface area contributed by atoms with Crippen molar-refractivity contribution in [1.82, 2.24) is 5.01 Å². The molecule has 0 aromatic heterocycles. The summed E-state index contributed by atoms with van der Waals surface area (Å²) < 4.78 is 0. The summed E-state index contributed by atoms with van der Waals surface area (Å²) in [6.07, 6.45) is 2.32. The highest BCUT2D eigenvalue weighted by molar-refractivity contribution is 4.46. The molecule has 0 bridgehead atoms. The zero-order valence-corrected chi connectivity index (χ0v) is 5.07. The lowest BCUT2D eigenvalue weighted by atomic mass is 10.3. The van der Waals surface area contributed by atoms with Gasteiger partial charge in [0.2, 0.25) is 0 Å². The minimum absolute atomic E-state index is 0.899. The van der Waals surface area contributed by atoms with Crippen molar-refractivity contribution >= 4 is 0 Å². The molecule has 0 saturated carbocycles. The van der Waals surface area contributed by atoms with Crippen molar-refractivity contribution in [2.45, 2.75) is 19.8 Å². The molecule has 0 fully saturated rings. The van der Waals surface area contributed by atoms with Gasteiger partial charge in [-0.25, -0.2) is 0 Å². The summed E-state index contributed by atoms with van der Waals surface area (Å²) in [7, 11) is 1.77. The van der Waals surface area contributed by atoms with Gasteiger partial charge in [0.25, 0.3) is 0 Å². The molecule has 0 heterocycles. The smallest absolute Gasteiger partial charge is 0.0200 e. The van der Waals surface area contributed by atoms with E-state index in [-0.39, 0.29) is 0 Å². The maximum atomic E-state index is 6.91. The quantitative estimate of drug-likeness (QED) is 0.497. The van der Waals surface area contributed by atoms with Gasteiger partial charge in [-0.05, 0) is 20.0 Å². The summed E-state index contributed by atoms with van der Waals surface area (Å²) in [6.45, 7) is 3.03. The van der Waals surface area contributed by atoms with E-state index in [1.165, 1.54) is 11.4 Å². The zero-order valence-electron chi connectivity index (χ0n) is 5.07. The Kier molecular flexibility index (Phi) is 4.04. The van der Waals surface area contributed by atoms with Crippen molar-refractivity contribution in [2.75, 3.05) is 13.6 Å². The first-order chi connectivity index (χ1) is 3.27. The fourth-order valence-corrected chi connectivity index (χ4v) is 0.395. The first kappa shape index (κ1) is 6.92. The molecule has 0 aliphatic rings. The van der Waals surface area contributed by atoms with Gasteiger partial charge in [-0.1, -0.05) is 13.3 Å². The number of rotatable bonds is 3. The van der Waals surface area contributed by atoms with Crippen LogP contribution in [0.2, 0.25) is 0 Å². The topological polar surface area (TPSA) is 27.0 Å². The van der Waals surface area contributed by atoms with Gasteiger partial charge in [-0.2, -0.15) is 0 Å². The van der Waals surface area contributed by atoms with Crippen LogP contribution >= 0.6 is 0 Å². The van der Waals surface area contributed by atoms with E-state index in [1.807, 2.05) is 0 Å². The molecule has 0 aromatic rings. The highest BCUT2D eigenvalue weighted by Crippen LogP contribution is 1.88. The van der Waals surface area contributed by atoms with E-state index in [1.54, 1.807) is 7.05 Å². The Hall–Kier alpha value is -0.0800. The monoisotopic (exact) mass is 101 g/mol. The van der Waals surface area contributed by atoms with Crippen molar-refractivity contribution < 1.29 is 0 Å². The van der Waals surface area contributed by atoms with E-state index in [9.17, 15) is 0 Å². The molecule has 2 nitrogen and oxygen atoms in total. The largest absolute Gasteiger partial charge is 0.610 e. The van der Waals surface area contributed by atoms with Crippen LogP contribution in [0.3, 0.4) is 0 Å². The fourth-order valence-electron chi connectivity index (χ4n) is 0.395. The molecule has 2 heteroatoms. The Morgan fingerprint density at radius 1 is 1.57 bits per heavy atom. The molecule has 1 N–H and O–H groups in total. The Bertz CT molecular complexity index is 35.1. The van der Waals surface area contributed by atoms with Gasteiger partial charge in [0.05, 0.1) is 0 Å².